The number of nitrogens with one attached hydrogen (secondary N) is 2. The van der Waals surface area contributed by atoms with Crippen LogP contribution in [0.3, 0.4) is 0 Å². The van der Waals surface area contributed by atoms with Crippen LogP contribution in [0.1, 0.15) is 46.5 Å². The molecule has 0 bridgehead atoms. The lowest BCUT2D eigenvalue weighted by Crippen LogP contribution is -2.33. The topological polar surface area (TPSA) is 41.1 Å². The van der Waals surface area contributed by atoms with Crippen molar-refractivity contribution in [3.63, 3.8) is 0 Å². The Morgan fingerprint density at radius 1 is 1.38 bits per heavy atom. The molecular formula is C13H26N2O. The molecular weight excluding hydrogens is 200 g/mol. The molecule has 2 atom stereocenters. The number of amides is 1. The van der Waals surface area contributed by atoms with Crippen molar-refractivity contribution in [2.24, 2.45) is 11.8 Å². The van der Waals surface area contributed by atoms with Crippen LogP contribution in [0.2, 0.25) is 0 Å². The highest BCUT2D eigenvalue weighted by molar-refractivity contribution is 5.76. The van der Waals surface area contributed by atoms with Crippen molar-refractivity contribution in [1.82, 2.24) is 10.6 Å². The van der Waals surface area contributed by atoms with E-state index < -0.39 is 0 Å². The first-order valence-corrected chi connectivity index (χ1v) is 6.59. The maximum absolute atomic E-state index is 11.5. The van der Waals surface area contributed by atoms with Gasteiger partial charge in [-0.2, -0.15) is 0 Å². The Kier molecular flexibility index (Phi) is 5.81. The molecule has 0 aromatic rings. The van der Waals surface area contributed by atoms with Gasteiger partial charge in [0.15, 0.2) is 0 Å². The van der Waals surface area contributed by atoms with Crippen LogP contribution < -0.4 is 10.6 Å². The van der Waals surface area contributed by atoms with Gasteiger partial charge in [-0.25, -0.2) is 0 Å². The fraction of sp³-hybridized carbons (Fsp3) is 0.923. The van der Waals surface area contributed by atoms with Crippen molar-refractivity contribution in [1.29, 1.82) is 0 Å². The molecule has 1 aliphatic rings. The average molecular weight is 226 g/mol. The first-order chi connectivity index (χ1) is 7.59. The maximum atomic E-state index is 11.5. The van der Waals surface area contributed by atoms with Gasteiger partial charge in [0.2, 0.25) is 5.91 Å². The van der Waals surface area contributed by atoms with Crippen molar-refractivity contribution >= 4 is 5.91 Å². The second-order valence-electron chi connectivity index (χ2n) is 5.33. The zero-order valence-corrected chi connectivity index (χ0v) is 10.9. The van der Waals surface area contributed by atoms with Crippen molar-refractivity contribution in [2.75, 3.05) is 13.1 Å². The molecule has 1 saturated carbocycles. The van der Waals surface area contributed by atoms with Crippen molar-refractivity contribution in [3.8, 4) is 0 Å². The smallest absolute Gasteiger partial charge is 0.221 e. The monoisotopic (exact) mass is 226 g/mol. The molecule has 2 unspecified atom stereocenters. The third-order valence-corrected chi connectivity index (χ3v) is 3.51. The predicted octanol–water partition coefficient (Wildman–Crippen LogP) is 1.93. The van der Waals surface area contributed by atoms with Crippen LogP contribution in [0.4, 0.5) is 0 Å². The molecule has 1 fully saturated rings. The molecule has 3 heteroatoms. The Balaban J connectivity index is 2.05. The molecule has 3 nitrogen and oxygen atoms in total. The van der Waals surface area contributed by atoms with Crippen LogP contribution in [0.25, 0.3) is 0 Å². The molecule has 2 N–H and O–H groups in total. The van der Waals surface area contributed by atoms with Gasteiger partial charge in [0.25, 0.3) is 0 Å². The van der Waals surface area contributed by atoms with Crippen LogP contribution in [-0.4, -0.2) is 25.0 Å². The predicted molar refractivity (Wildman–Crippen MR) is 67.3 cm³/mol. The standard InChI is InChI=1S/C13H26N2O/c1-10(2)14-8-7-13(16)15-9-12-6-4-5-11(12)3/h10-12,14H,4-9H2,1-3H3,(H,15,16). The SMILES string of the molecule is CC(C)NCCC(=O)NCC1CCCC1C. The lowest BCUT2D eigenvalue weighted by atomic mass is 9.98. The van der Waals surface area contributed by atoms with Gasteiger partial charge < -0.3 is 10.6 Å². The van der Waals surface area contributed by atoms with Crippen molar-refractivity contribution in [3.05, 3.63) is 0 Å². The van der Waals surface area contributed by atoms with Gasteiger partial charge in [-0.15, -0.1) is 0 Å². The molecule has 0 aromatic carbocycles. The average Bonchev–Trinajstić information content (AvgIpc) is 2.60. The molecule has 0 aliphatic heterocycles. The van der Waals surface area contributed by atoms with Crippen LogP contribution in [0, 0.1) is 11.8 Å². The first kappa shape index (κ1) is 13.5. The second-order valence-corrected chi connectivity index (χ2v) is 5.33. The summed E-state index contributed by atoms with van der Waals surface area (Å²) in [5, 5.41) is 6.30. The fourth-order valence-corrected chi connectivity index (χ4v) is 2.33. The lowest BCUT2D eigenvalue weighted by molar-refractivity contribution is -0.121. The Morgan fingerprint density at radius 3 is 2.69 bits per heavy atom. The summed E-state index contributed by atoms with van der Waals surface area (Å²) >= 11 is 0. The van der Waals surface area contributed by atoms with E-state index >= 15 is 0 Å². The van der Waals surface area contributed by atoms with E-state index in [9.17, 15) is 4.79 Å². The minimum absolute atomic E-state index is 0.187. The molecule has 1 aliphatic carbocycles. The normalized spacial score (nSPS) is 25.0. The second kappa shape index (κ2) is 6.89. The number of carbonyl (C=O) groups excluding carboxylic acids is 1. The minimum atomic E-state index is 0.187. The summed E-state index contributed by atoms with van der Waals surface area (Å²) in [5.41, 5.74) is 0. The van der Waals surface area contributed by atoms with Gasteiger partial charge in [0.05, 0.1) is 0 Å². The van der Waals surface area contributed by atoms with Crippen LogP contribution in [0.5, 0.6) is 0 Å². The fourth-order valence-electron chi connectivity index (χ4n) is 2.33. The van der Waals surface area contributed by atoms with Gasteiger partial charge in [-0.3, -0.25) is 4.79 Å². The Hall–Kier alpha value is -0.570. The summed E-state index contributed by atoms with van der Waals surface area (Å²) in [6.45, 7) is 8.14. The molecule has 0 heterocycles. The highest BCUT2D eigenvalue weighted by Gasteiger charge is 2.23. The van der Waals surface area contributed by atoms with Gasteiger partial charge in [0, 0.05) is 25.6 Å². The zero-order chi connectivity index (χ0) is 12.0. The first-order valence-electron chi connectivity index (χ1n) is 6.59. The summed E-state index contributed by atoms with van der Waals surface area (Å²) in [5.74, 6) is 1.68. The minimum Gasteiger partial charge on any atom is -0.356 e. The largest absolute Gasteiger partial charge is 0.356 e. The van der Waals surface area contributed by atoms with Gasteiger partial charge in [-0.1, -0.05) is 33.6 Å². The summed E-state index contributed by atoms with van der Waals surface area (Å²) < 4.78 is 0. The Labute approximate surface area is 99.4 Å². The molecule has 0 aromatic heterocycles. The number of carbonyl (C=O) groups is 1. The lowest BCUT2D eigenvalue weighted by Gasteiger charge is -2.16. The van der Waals surface area contributed by atoms with Crippen LogP contribution >= 0.6 is 0 Å². The zero-order valence-electron chi connectivity index (χ0n) is 10.9. The summed E-state index contributed by atoms with van der Waals surface area (Å²) in [6, 6.07) is 0.461. The van der Waals surface area contributed by atoms with Gasteiger partial charge in [0.1, 0.15) is 0 Å². The van der Waals surface area contributed by atoms with Crippen molar-refractivity contribution in [2.45, 2.75) is 52.5 Å². The highest BCUT2D eigenvalue weighted by atomic mass is 16.1. The third-order valence-electron chi connectivity index (χ3n) is 3.51. The Morgan fingerprint density at radius 2 is 2.12 bits per heavy atom. The van der Waals surface area contributed by atoms with E-state index in [4.69, 9.17) is 0 Å². The number of hydrogen-bond acceptors (Lipinski definition) is 2. The molecule has 1 amide bonds. The van der Waals surface area contributed by atoms with E-state index in [1.54, 1.807) is 0 Å². The van der Waals surface area contributed by atoms with Gasteiger partial charge >= 0.3 is 0 Å². The number of rotatable bonds is 6. The molecule has 94 valence electrons. The molecule has 0 radical (unpaired) electrons. The summed E-state index contributed by atoms with van der Waals surface area (Å²) in [4.78, 5) is 11.5. The molecule has 0 saturated heterocycles. The summed E-state index contributed by atoms with van der Waals surface area (Å²) in [6.07, 6.45) is 4.54. The van der Waals surface area contributed by atoms with E-state index in [0.29, 0.717) is 18.4 Å². The molecule has 1 rings (SSSR count). The van der Waals surface area contributed by atoms with Crippen LogP contribution in [-0.2, 0) is 4.79 Å². The van der Waals surface area contributed by atoms with E-state index in [1.165, 1.54) is 19.3 Å². The highest BCUT2D eigenvalue weighted by Crippen LogP contribution is 2.30. The van der Waals surface area contributed by atoms with E-state index in [0.717, 1.165) is 19.0 Å². The van der Waals surface area contributed by atoms with E-state index in [-0.39, 0.29) is 5.91 Å². The molecule has 16 heavy (non-hydrogen) atoms. The van der Waals surface area contributed by atoms with Crippen LogP contribution in [0.15, 0.2) is 0 Å². The summed E-state index contributed by atoms with van der Waals surface area (Å²) in [7, 11) is 0. The van der Waals surface area contributed by atoms with Crippen molar-refractivity contribution < 1.29 is 4.79 Å². The number of hydrogen-bond donors (Lipinski definition) is 2. The molecule has 0 spiro atoms. The maximum Gasteiger partial charge on any atom is 0.221 e. The Bertz CT molecular complexity index is 216. The van der Waals surface area contributed by atoms with Gasteiger partial charge in [-0.05, 0) is 18.3 Å². The van der Waals surface area contributed by atoms with E-state index in [2.05, 4.69) is 31.4 Å². The van der Waals surface area contributed by atoms with E-state index in [1.807, 2.05) is 0 Å². The third kappa shape index (κ3) is 4.97. The quantitative estimate of drug-likeness (QED) is 0.726.